The summed E-state index contributed by atoms with van der Waals surface area (Å²) >= 11 is 0. The van der Waals surface area contributed by atoms with Crippen LogP contribution in [0.4, 0.5) is 4.39 Å². The lowest BCUT2D eigenvalue weighted by Gasteiger charge is -2.20. The van der Waals surface area contributed by atoms with Crippen LogP contribution in [0, 0.1) is 5.82 Å². The Hall–Kier alpha value is -4.20. The van der Waals surface area contributed by atoms with E-state index in [1.54, 1.807) is 41.5 Å². The molecule has 0 radical (unpaired) electrons. The second-order valence-corrected chi connectivity index (χ2v) is 7.43. The number of halogens is 1. The standard InChI is InChI=1S/C24H20FN5O2/c25-18-8-6-17(7-9-18)21(15-29-16-26-20-4-1-2-5-22(20)29)28-24(31)23-11-10-19(32-23)14-30-13-3-12-27-30/h1-13,16,21H,14-15H2,(H,28,31). The first-order valence-electron chi connectivity index (χ1n) is 10.2. The predicted octanol–water partition coefficient (Wildman–Crippen LogP) is 4.18. The third-order valence-corrected chi connectivity index (χ3v) is 5.25. The summed E-state index contributed by atoms with van der Waals surface area (Å²) in [6.07, 6.45) is 5.24. The van der Waals surface area contributed by atoms with Crippen molar-refractivity contribution in [2.45, 2.75) is 19.1 Å². The first-order chi connectivity index (χ1) is 15.7. The van der Waals surface area contributed by atoms with E-state index in [1.807, 2.05) is 41.1 Å². The summed E-state index contributed by atoms with van der Waals surface area (Å²) in [4.78, 5) is 17.4. The monoisotopic (exact) mass is 429 g/mol. The van der Waals surface area contributed by atoms with Crippen molar-refractivity contribution in [3.05, 3.63) is 108 Å². The third-order valence-electron chi connectivity index (χ3n) is 5.25. The number of nitrogens with one attached hydrogen (secondary N) is 1. The van der Waals surface area contributed by atoms with Gasteiger partial charge in [0.15, 0.2) is 5.76 Å². The molecule has 1 N–H and O–H groups in total. The first-order valence-corrected chi connectivity index (χ1v) is 10.2. The van der Waals surface area contributed by atoms with E-state index in [2.05, 4.69) is 15.4 Å². The maximum absolute atomic E-state index is 13.5. The van der Waals surface area contributed by atoms with Crippen molar-refractivity contribution in [3.63, 3.8) is 0 Å². The second kappa shape index (κ2) is 8.50. The molecule has 0 spiro atoms. The molecule has 0 aliphatic heterocycles. The highest BCUT2D eigenvalue weighted by Gasteiger charge is 2.20. The molecule has 7 nitrogen and oxygen atoms in total. The molecule has 2 aromatic carbocycles. The molecule has 0 aliphatic carbocycles. The van der Waals surface area contributed by atoms with Gasteiger partial charge in [0.1, 0.15) is 11.6 Å². The van der Waals surface area contributed by atoms with E-state index in [4.69, 9.17) is 4.42 Å². The number of benzene rings is 2. The minimum atomic E-state index is -0.416. The highest BCUT2D eigenvalue weighted by Crippen LogP contribution is 2.21. The summed E-state index contributed by atoms with van der Waals surface area (Å²) in [5, 5.41) is 7.16. The van der Waals surface area contributed by atoms with Crippen molar-refractivity contribution in [3.8, 4) is 0 Å². The molecule has 1 amide bonds. The van der Waals surface area contributed by atoms with Crippen molar-refractivity contribution >= 4 is 16.9 Å². The van der Waals surface area contributed by atoms with E-state index in [1.165, 1.54) is 12.1 Å². The van der Waals surface area contributed by atoms with E-state index >= 15 is 0 Å². The first kappa shape index (κ1) is 19.7. The number of furan rings is 1. The number of amides is 1. The SMILES string of the molecule is O=C(NC(Cn1cnc2ccccc21)c1ccc(F)cc1)c1ccc(Cn2cccn2)o1. The normalized spacial score (nSPS) is 12.2. The number of rotatable bonds is 7. The Morgan fingerprint density at radius 1 is 1.06 bits per heavy atom. The van der Waals surface area contributed by atoms with Crippen LogP contribution in [0.1, 0.15) is 27.9 Å². The fourth-order valence-electron chi connectivity index (χ4n) is 3.65. The van der Waals surface area contributed by atoms with Gasteiger partial charge in [-0.15, -0.1) is 0 Å². The molecular formula is C24H20FN5O2. The Bertz CT molecular complexity index is 1340. The summed E-state index contributed by atoms with van der Waals surface area (Å²) in [5.41, 5.74) is 2.60. The van der Waals surface area contributed by atoms with Gasteiger partial charge in [-0.25, -0.2) is 9.37 Å². The van der Waals surface area contributed by atoms with Gasteiger partial charge in [-0.2, -0.15) is 5.10 Å². The maximum atomic E-state index is 13.5. The van der Waals surface area contributed by atoms with E-state index in [9.17, 15) is 9.18 Å². The smallest absolute Gasteiger partial charge is 0.287 e. The van der Waals surface area contributed by atoms with Crippen molar-refractivity contribution in [1.29, 1.82) is 0 Å². The van der Waals surface area contributed by atoms with Crippen LogP contribution in [-0.4, -0.2) is 25.2 Å². The zero-order valence-electron chi connectivity index (χ0n) is 17.1. The van der Waals surface area contributed by atoms with Crippen molar-refractivity contribution in [2.24, 2.45) is 0 Å². The molecule has 3 heterocycles. The lowest BCUT2D eigenvalue weighted by molar-refractivity contribution is 0.0902. The highest BCUT2D eigenvalue weighted by molar-refractivity contribution is 5.91. The van der Waals surface area contributed by atoms with Gasteiger partial charge in [-0.3, -0.25) is 9.48 Å². The topological polar surface area (TPSA) is 77.9 Å². The molecule has 3 aromatic heterocycles. The molecule has 0 saturated carbocycles. The largest absolute Gasteiger partial charge is 0.454 e. The van der Waals surface area contributed by atoms with E-state index in [0.717, 1.165) is 16.6 Å². The van der Waals surface area contributed by atoms with Gasteiger partial charge in [-0.05, 0) is 48.0 Å². The zero-order valence-corrected chi connectivity index (χ0v) is 17.1. The number of fused-ring (bicyclic) bond motifs is 1. The van der Waals surface area contributed by atoms with Crippen LogP contribution in [0.15, 0.2) is 89.9 Å². The summed E-state index contributed by atoms with van der Waals surface area (Å²) in [5.74, 6) is 0.143. The zero-order chi connectivity index (χ0) is 21.9. The average molecular weight is 429 g/mol. The Morgan fingerprint density at radius 3 is 2.72 bits per heavy atom. The molecule has 0 aliphatic rings. The summed E-state index contributed by atoms with van der Waals surface area (Å²) in [7, 11) is 0. The fraction of sp³-hybridized carbons (Fsp3) is 0.125. The van der Waals surface area contributed by atoms with Crippen LogP contribution in [0.3, 0.4) is 0 Å². The van der Waals surface area contributed by atoms with Crippen molar-refractivity contribution in [1.82, 2.24) is 24.6 Å². The van der Waals surface area contributed by atoms with Crippen LogP contribution in [0.5, 0.6) is 0 Å². The number of imidazole rings is 1. The minimum Gasteiger partial charge on any atom is -0.454 e. The molecule has 0 saturated heterocycles. The summed E-state index contributed by atoms with van der Waals surface area (Å²) in [6.45, 7) is 0.863. The van der Waals surface area contributed by atoms with Gasteiger partial charge in [0, 0.05) is 18.9 Å². The van der Waals surface area contributed by atoms with E-state index in [0.29, 0.717) is 18.8 Å². The molecule has 5 rings (SSSR count). The molecule has 0 fully saturated rings. The number of nitrogens with zero attached hydrogens (tertiary/aromatic N) is 4. The van der Waals surface area contributed by atoms with Crippen molar-refractivity contribution < 1.29 is 13.6 Å². The van der Waals surface area contributed by atoms with Gasteiger partial charge in [0.05, 0.1) is 29.9 Å². The summed E-state index contributed by atoms with van der Waals surface area (Å²) in [6, 6.07) is 18.7. The lowest BCUT2D eigenvalue weighted by Crippen LogP contribution is -2.31. The number of carbonyl (C=O) groups is 1. The number of carbonyl (C=O) groups excluding carboxylic acids is 1. The summed E-state index contributed by atoms with van der Waals surface area (Å²) < 4.78 is 22.9. The number of hydrogen-bond donors (Lipinski definition) is 1. The number of hydrogen-bond acceptors (Lipinski definition) is 4. The second-order valence-electron chi connectivity index (χ2n) is 7.43. The molecule has 1 atom stereocenters. The maximum Gasteiger partial charge on any atom is 0.287 e. The van der Waals surface area contributed by atoms with Gasteiger partial charge < -0.3 is 14.3 Å². The van der Waals surface area contributed by atoms with Gasteiger partial charge in [0.2, 0.25) is 0 Å². The quantitative estimate of drug-likeness (QED) is 0.421. The Morgan fingerprint density at radius 2 is 1.91 bits per heavy atom. The molecular weight excluding hydrogens is 409 g/mol. The fourth-order valence-corrected chi connectivity index (χ4v) is 3.65. The minimum absolute atomic E-state index is 0.203. The molecule has 8 heteroatoms. The Kier molecular flexibility index (Phi) is 5.25. The van der Waals surface area contributed by atoms with Crippen LogP contribution in [-0.2, 0) is 13.1 Å². The van der Waals surface area contributed by atoms with Crippen molar-refractivity contribution in [2.75, 3.05) is 0 Å². The Balaban J connectivity index is 1.38. The van der Waals surface area contributed by atoms with Gasteiger partial charge in [-0.1, -0.05) is 24.3 Å². The number of para-hydroxylation sites is 2. The lowest BCUT2D eigenvalue weighted by atomic mass is 10.1. The third kappa shape index (κ3) is 4.15. The van der Waals surface area contributed by atoms with Crippen LogP contribution in [0.25, 0.3) is 11.0 Å². The molecule has 0 bridgehead atoms. The average Bonchev–Trinajstić information content (AvgIpc) is 3.56. The molecule has 160 valence electrons. The van der Waals surface area contributed by atoms with E-state index in [-0.39, 0.29) is 17.5 Å². The van der Waals surface area contributed by atoms with Gasteiger partial charge >= 0.3 is 0 Å². The Labute approximate surface area is 183 Å². The van der Waals surface area contributed by atoms with Gasteiger partial charge in [0.25, 0.3) is 5.91 Å². The number of aromatic nitrogens is 4. The highest BCUT2D eigenvalue weighted by atomic mass is 19.1. The van der Waals surface area contributed by atoms with E-state index < -0.39 is 6.04 Å². The molecule has 32 heavy (non-hydrogen) atoms. The van der Waals surface area contributed by atoms with Crippen LogP contribution >= 0.6 is 0 Å². The molecule has 1 unspecified atom stereocenters. The van der Waals surface area contributed by atoms with Crippen LogP contribution < -0.4 is 5.32 Å². The molecule has 5 aromatic rings. The predicted molar refractivity (Wildman–Crippen MR) is 116 cm³/mol. The van der Waals surface area contributed by atoms with Crippen LogP contribution in [0.2, 0.25) is 0 Å².